The maximum atomic E-state index is 11.3. The number of imidazole rings is 1. The van der Waals surface area contributed by atoms with E-state index in [1.807, 2.05) is 24.3 Å². The van der Waals surface area contributed by atoms with Crippen LogP contribution in [0.5, 0.6) is 0 Å². The molecule has 18 heavy (non-hydrogen) atoms. The fourth-order valence-corrected chi connectivity index (χ4v) is 1.77. The van der Waals surface area contributed by atoms with Crippen LogP contribution in [-0.4, -0.2) is 34.1 Å². The Morgan fingerprint density at radius 3 is 3.00 bits per heavy atom. The van der Waals surface area contributed by atoms with E-state index in [9.17, 15) is 4.79 Å². The normalized spacial score (nSPS) is 10.7. The Labute approximate surface area is 105 Å². The predicted octanol–water partition coefficient (Wildman–Crippen LogP) is 0.994. The van der Waals surface area contributed by atoms with Crippen molar-refractivity contribution in [1.29, 1.82) is 0 Å². The van der Waals surface area contributed by atoms with Crippen molar-refractivity contribution in [2.24, 2.45) is 0 Å². The molecule has 0 spiro atoms. The van der Waals surface area contributed by atoms with Crippen molar-refractivity contribution in [1.82, 2.24) is 15.3 Å². The van der Waals surface area contributed by atoms with Crippen LogP contribution in [0.4, 0.5) is 0 Å². The van der Waals surface area contributed by atoms with Crippen molar-refractivity contribution in [3.63, 3.8) is 0 Å². The van der Waals surface area contributed by atoms with Gasteiger partial charge in [0.25, 0.3) is 0 Å². The van der Waals surface area contributed by atoms with Crippen molar-refractivity contribution in [3.8, 4) is 0 Å². The second-order valence-corrected chi connectivity index (χ2v) is 4.13. The highest BCUT2D eigenvalue weighted by Gasteiger charge is 2.03. The summed E-state index contributed by atoms with van der Waals surface area (Å²) in [7, 11) is 0. The molecule has 5 heteroatoms. The van der Waals surface area contributed by atoms with Crippen LogP contribution in [0.15, 0.2) is 24.3 Å². The predicted molar refractivity (Wildman–Crippen MR) is 69.1 cm³/mol. The molecule has 3 N–H and O–H groups in total. The van der Waals surface area contributed by atoms with Crippen LogP contribution < -0.4 is 5.32 Å². The van der Waals surface area contributed by atoms with Crippen molar-refractivity contribution < 1.29 is 9.90 Å². The van der Waals surface area contributed by atoms with Gasteiger partial charge >= 0.3 is 0 Å². The quantitative estimate of drug-likeness (QED) is 0.712. The highest BCUT2D eigenvalue weighted by atomic mass is 16.3. The monoisotopic (exact) mass is 247 g/mol. The molecule has 0 unspecified atom stereocenters. The Balaban J connectivity index is 1.81. The number of H-pyrrole nitrogens is 1. The molecule has 2 aromatic rings. The molecular formula is C13H17N3O2. The summed E-state index contributed by atoms with van der Waals surface area (Å²) in [6.07, 6.45) is 1.56. The van der Waals surface area contributed by atoms with Gasteiger partial charge in [-0.25, -0.2) is 4.98 Å². The van der Waals surface area contributed by atoms with Crippen molar-refractivity contribution in [2.45, 2.75) is 19.3 Å². The average Bonchev–Trinajstić information content (AvgIpc) is 2.79. The first-order chi connectivity index (χ1) is 8.79. The van der Waals surface area contributed by atoms with Gasteiger partial charge in [-0.1, -0.05) is 12.1 Å². The van der Waals surface area contributed by atoms with Crippen molar-refractivity contribution in [3.05, 3.63) is 30.1 Å². The Morgan fingerprint density at radius 1 is 1.39 bits per heavy atom. The van der Waals surface area contributed by atoms with Crippen LogP contribution in [0, 0.1) is 0 Å². The summed E-state index contributed by atoms with van der Waals surface area (Å²) in [5.74, 6) is 0.846. The molecule has 0 bridgehead atoms. The molecule has 1 aromatic carbocycles. The standard InChI is InChI=1S/C13H17N3O2/c17-9-3-6-13(18)14-8-7-12-15-10-4-1-2-5-11(10)16-12/h1-2,4-5,17H,3,6-9H2,(H,14,18)(H,15,16). The highest BCUT2D eigenvalue weighted by Crippen LogP contribution is 2.10. The van der Waals surface area contributed by atoms with Crippen LogP contribution >= 0.6 is 0 Å². The summed E-state index contributed by atoms with van der Waals surface area (Å²) in [6, 6.07) is 7.84. The number of nitrogens with one attached hydrogen (secondary N) is 2. The largest absolute Gasteiger partial charge is 0.396 e. The third-order valence-corrected chi connectivity index (χ3v) is 2.68. The lowest BCUT2D eigenvalue weighted by Crippen LogP contribution is -2.25. The molecule has 96 valence electrons. The first-order valence-electron chi connectivity index (χ1n) is 6.11. The first kappa shape index (κ1) is 12.6. The smallest absolute Gasteiger partial charge is 0.220 e. The van der Waals surface area contributed by atoms with Gasteiger partial charge in [0, 0.05) is 26.0 Å². The number of fused-ring (bicyclic) bond motifs is 1. The lowest BCUT2D eigenvalue weighted by molar-refractivity contribution is -0.121. The number of aromatic nitrogens is 2. The number of aliphatic hydroxyl groups excluding tert-OH is 1. The third kappa shape index (κ3) is 3.30. The number of para-hydroxylation sites is 2. The van der Waals surface area contributed by atoms with Crippen LogP contribution in [0.2, 0.25) is 0 Å². The van der Waals surface area contributed by atoms with Crippen molar-refractivity contribution >= 4 is 16.9 Å². The topological polar surface area (TPSA) is 78.0 Å². The van der Waals surface area contributed by atoms with E-state index in [1.54, 1.807) is 0 Å². The molecule has 0 radical (unpaired) electrons. The zero-order valence-corrected chi connectivity index (χ0v) is 10.1. The average molecular weight is 247 g/mol. The zero-order chi connectivity index (χ0) is 12.8. The highest BCUT2D eigenvalue weighted by molar-refractivity contribution is 5.76. The fraction of sp³-hybridized carbons (Fsp3) is 0.385. The number of rotatable bonds is 6. The maximum Gasteiger partial charge on any atom is 0.220 e. The lowest BCUT2D eigenvalue weighted by atomic mass is 10.3. The molecule has 0 fully saturated rings. The lowest BCUT2D eigenvalue weighted by Gasteiger charge is -2.02. The minimum Gasteiger partial charge on any atom is -0.396 e. The van der Waals surface area contributed by atoms with E-state index in [0.29, 0.717) is 25.8 Å². The molecule has 2 rings (SSSR count). The number of aliphatic hydroxyl groups is 1. The van der Waals surface area contributed by atoms with E-state index in [1.165, 1.54) is 0 Å². The molecule has 0 atom stereocenters. The van der Waals surface area contributed by atoms with E-state index < -0.39 is 0 Å². The molecule has 0 saturated carbocycles. The minimum absolute atomic E-state index is 0.0276. The van der Waals surface area contributed by atoms with Gasteiger partial charge in [-0.15, -0.1) is 0 Å². The number of carbonyl (C=O) groups excluding carboxylic acids is 1. The van der Waals surface area contributed by atoms with Crippen LogP contribution in [-0.2, 0) is 11.2 Å². The molecular weight excluding hydrogens is 230 g/mol. The van der Waals surface area contributed by atoms with Gasteiger partial charge in [-0.3, -0.25) is 4.79 Å². The Morgan fingerprint density at radius 2 is 2.22 bits per heavy atom. The summed E-state index contributed by atoms with van der Waals surface area (Å²) in [6.45, 7) is 0.612. The molecule has 0 aliphatic rings. The third-order valence-electron chi connectivity index (χ3n) is 2.68. The first-order valence-corrected chi connectivity index (χ1v) is 6.11. The van der Waals surface area contributed by atoms with Gasteiger partial charge in [0.2, 0.25) is 5.91 Å². The number of carbonyl (C=O) groups is 1. The number of benzene rings is 1. The van der Waals surface area contributed by atoms with Gasteiger partial charge < -0.3 is 15.4 Å². The SMILES string of the molecule is O=C(CCCO)NCCc1nc2ccccc2[nH]1. The van der Waals surface area contributed by atoms with Crippen LogP contribution in [0.25, 0.3) is 11.0 Å². The van der Waals surface area contributed by atoms with Gasteiger partial charge in [-0.05, 0) is 18.6 Å². The van der Waals surface area contributed by atoms with Gasteiger partial charge in [-0.2, -0.15) is 0 Å². The van der Waals surface area contributed by atoms with Crippen LogP contribution in [0.1, 0.15) is 18.7 Å². The second-order valence-electron chi connectivity index (χ2n) is 4.13. The van der Waals surface area contributed by atoms with E-state index in [0.717, 1.165) is 16.9 Å². The van der Waals surface area contributed by atoms with E-state index in [-0.39, 0.29) is 12.5 Å². The number of hydrogen-bond donors (Lipinski definition) is 3. The summed E-state index contributed by atoms with van der Waals surface area (Å²) < 4.78 is 0. The van der Waals surface area contributed by atoms with Gasteiger partial charge in [0.05, 0.1) is 11.0 Å². The van der Waals surface area contributed by atoms with Crippen LogP contribution in [0.3, 0.4) is 0 Å². The molecule has 0 aliphatic heterocycles. The molecule has 5 nitrogen and oxygen atoms in total. The van der Waals surface area contributed by atoms with E-state index in [2.05, 4.69) is 15.3 Å². The Hall–Kier alpha value is -1.88. The minimum atomic E-state index is -0.0276. The summed E-state index contributed by atoms with van der Waals surface area (Å²) >= 11 is 0. The van der Waals surface area contributed by atoms with Gasteiger partial charge in [0.15, 0.2) is 0 Å². The zero-order valence-electron chi connectivity index (χ0n) is 10.1. The molecule has 1 heterocycles. The summed E-state index contributed by atoms with van der Waals surface area (Å²) in [5.41, 5.74) is 1.96. The Bertz CT molecular complexity index is 489. The van der Waals surface area contributed by atoms with Gasteiger partial charge in [0.1, 0.15) is 5.82 Å². The summed E-state index contributed by atoms with van der Waals surface area (Å²) in [5, 5.41) is 11.4. The molecule has 0 saturated heterocycles. The molecule has 1 amide bonds. The Kier molecular flexibility index (Phi) is 4.30. The number of hydrogen-bond acceptors (Lipinski definition) is 3. The van der Waals surface area contributed by atoms with E-state index in [4.69, 9.17) is 5.11 Å². The molecule has 0 aliphatic carbocycles. The fourth-order valence-electron chi connectivity index (χ4n) is 1.77. The van der Waals surface area contributed by atoms with E-state index >= 15 is 0 Å². The summed E-state index contributed by atoms with van der Waals surface area (Å²) in [4.78, 5) is 18.9. The van der Waals surface area contributed by atoms with Crippen molar-refractivity contribution in [2.75, 3.05) is 13.2 Å². The number of amides is 1. The maximum absolute atomic E-state index is 11.3. The molecule has 1 aromatic heterocycles. The second kappa shape index (κ2) is 6.16. The number of aromatic amines is 1. The number of nitrogens with zero attached hydrogens (tertiary/aromatic N) is 1.